The molecule has 0 bridgehead atoms. The molecular weight excluding hydrogens is 498 g/mol. The molecule has 2 aromatic heterocycles. The molecule has 0 saturated carbocycles. The van der Waals surface area contributed by atoms with Crippen LogP contribution < -0.4 is 21.3 Å². The van der Waals surface area contributed by atoms with Gasteiger partial charge in [-0.15, -0.1) is 10.2 Å². The number of rotatable bonds is 11. The van der Waals surface area contributed by atoms with Crippen molar-refractivity contribution in [3.05, 3.63) is 83.9 Å². The number of aromatic nitrogens is 6. The highest BCUT2D eigenvalue weighted by Gasteiger charge is 2.07. The number of halogens is 2. The molecule has 14 heteroatoms. The normalized spacial score (nSPS) is 10.7. The molecule has 4 rings (SSSR count). The minimum absolute atomic E-state index is 0.199. The van der Waals surface area contributed by atoms with Crippen molar-refractivity contribution in [1.29, 1.82) is 0 Å². The maximum absolute atomic E-state index is 12.9. The second-order valence-electron chi connectivity index (χ2n) is 8.28. The summed E-state index contributed by atoms with van der Waals surface area (Å²) in [5, 5.41) is 26.8. The molecule has 38 heavy (non-hydrogen) atoms. The number of benzene rings is 2. The third-order valence-electron chi connectivity index (χ3n) is 5.26. The van der Waals surface area contributed by atoms with Crippen molar-refractivity contribution in [2.45, 2.75) is 39.0 Å². The van der Waals surface area contributed by atoms with E-state index in [0.29, 0.717) is 35.9 Å². The van der Waals surface area contributed by atoms with Gasteiger partial charge in [0.15, 0.2) is 0 Å². The van der Waals surface area contributed by atoms with Gasteiger partial charge in [0.05, 0.1) is 25.5 Å². The summed E-state index contributed by atoms with van der Waals surface area (Å²) in [6, 6.07) is 10.1. The van der Waals surface area contributed by atoms with Crippen molar-refractivity contribution in [3.8, 4) is 0 Å². The van der Waals surface area contributed by atoms with Crippen LogP contribution in [0.5, 0.6) is 0 Å². The second kappa shape index (κ2) is 12.9. The van der Waals surface area contributed by atoms with E-state index < -0.39 is 12.1 Å². The molecule has 4 aromatic rings. The molecule has 0 radical (unpaired) electrons. The molecule has 198 valence electrons. The first-order chi connectivity index (χ1) is 18.4. The van der Waals surface area contributed by atoms with Crippen LogP contribution in [0.1, 0.15) is 24.2 Å². The Hall–Kier alpha value is -4.88. The van der Waals surface area contributed by atoms with Crippen LogP contribution in [0.3, 0.4) is 0 Å². The molecule has 4 N–H and O–H groups in total. The Labute approximate surface area is 216 Å². The Morgan fingerprint density at radius 1 is 0.658 bits per heavy atom. The molecule has 0 fully saturated rings. The van der Waals surface area contributed by atoms with Crippen molar-refractivity contribution in [2.24, 2.45) is 0 Å². The zero-order valence-electron chi connectivity index (χ0n) is 20.3. The summed E-state index contributed by atoms with van der Waals surface area (Å²) in [4.78, 5) is 23.9. The standard InChI is InChI=1S/C24H26F2N10O2/c25-17-3-7-19(8-4-17)29-23(37)27-13-21-15-35(33-31-21)11-1-2-12-36-16-22(32-34-36)14-28-24(38)30-20-9-5-18(26)6-10-20/h3-10,15-16H,1-2,11-14H2,(H2,27,29,37)(H2,28,30,38). The Bertz CT molecular complexity index is 1240. The van der Waals surface area contributed by atoms with Crippen LogP contribution in [0, 0.1) is 11.6 Å². The highest BCUT2D eigenvalue weighted by molar-refractivity contribution is 5.89. The molecule has 0 aliphatic rings. The van der Waals surface area contributed by atoms with Crippen molar-refractivity contribution < 1.29 is 18.4 Å². The second-order valence-corrected chi connectivity index (χ2v) is 8.28. The van der Waals surface area contributed by atoms with E-state index in [1.165, 1.54) is 48.5 Å². The number of aryl methyl sites for hydroxylation is 2. The third kappa shape index (κ3) is 8.36. The predicted octanol–water partition coefficient (Wildman–Crippen LogP) is 3.27. The summed E-state index contributed by atoms with van der Waals surface area (Å²) < 4.78 is 29.3. The first-order valence-corrected chi connectivity index (χ1v) is 11.8. The SMILES string of the molecule is O=C(NCc1cn(CCCCn2cc(CNC(=O)Nc3ccc(F)cc3)nn2)nn1)Nc1ccc(F)cc1. The molecule has 4 amide bonds. The Morgan fingerprint density at radius 2 is 1.05 bits per heavy atom. The lowest BCUT2D eigenvalue weighted by molar-refractivity contribution is 0.251. The van der Waals surface area contributed by atoms with Crippen LogP contribution >= 0.6 is 0 Å². The Balaban J connectivity index is 1.10. The Morgan fingerprint density at radius 3 is 1.45 bits per heavy atom. The number of anilines is 2. The van der Waals surface area contributed by atoms with Crippen molar-refractivity contribution >= 4 is 23.4 Å². The highest BCUT2D eigenvalue weighted by Crippen LogP contribution is 2.09. The predicted molar refractivity (Wildman–Crippen MR) is 134 cm³/mol. The zero-order chi connectivity index (χ0) is 26.7. The first-order valence-electron chi connectivity index (χ1n) is 11.8. The molecule has 0 aliphatic heterocycles. The molecule has 2 heterocycles. The van der Waals surface area contributed by atoms with Gasteiger partial charge in [-0.05, 0) is 61.4 Å². The fourth-order valence-electron chi connectivity index (χ4n) is 3.36. The fourth-order valence-corrected chi connectivity index (χ4v) is 3.36. The molecule has 0 atom stereocenters. The van der Waals surface area contributed by atoms with Crippen molar-refractivity contribution in [3.63, 3.8) is 0 Å². The summed E-state index contributed by atoms with van der Waals surface area (Å²) in [6.45, 7) is 1.68. The summed E-state index contributed by atoms with van der Waals surface area (Å²) in [5.41, 5.74) is 2.18. The lowest BCUT2D eigenvalue weighted by atomic mass is 10.3. The molecular formula is C24H26F2N10O2. The van der Waals surface area contributed by atoms with E-state index in [4.69, 9.17) is 0 Å². The van der Waals surface area contributed by atoms with E-state index in [-0.39, 0.29) is 24.7 Å². The third-order valence-corrected chi connectivity index (χ3v) is 5.26. The first kappa shape index (κ1) is 26.2. The van der Waals surface area contributed by atoms with Gasteiger partial charge in [-0.3, -0.25) is 9.36 Å². The van der Waals surface area contributed by atoms with E-state index in [2.05, 4.69) is 41.9 Å². The maximum Gasteiger partial charge on any atom is 0.319 e. The van der Waals surface area contributed by atoms with Crippen molar-refractivity contribution in [2.75, 3.05) is 10.6 Å². The molecule has 0 spiro atoms. The average molecular weight is 525 g/mol. The zero-order valence-corrected chi connectivity index (χ0v) is 20.3. The molecule has 0 aliphatic carbocycles. The van der Waals surface area contributed by atoms with Gasteiger partial charge in [-0.2, -0.15) is 0 Å². The minimum Gasteiger partial charge on any atom is -0.332 e. The topological polar surface area (TPSA) is 144 Å². The van der Waals surface area contributed by atoms with E-state index >= 15 is 0 Å². The van der Waals surface area contributed by atoms with Gasteiger partial charge < -0.3 is 21.3 Å². The number of unbranched alkanes of at least 4 members (excludes halogenated alkanes) is 1. The maximum atomic E-state index is 12.9. The van der Waals surface area contributed by atoms with Crippen LogP contribution in [-0.2, 0) is 26.2 Å². The van der Waals surface area contributed by atoms with Crippen LogP contribution in [-0.4, -0.2) is 42.0 Å². The number of urea groups is 2. The number of nitrogens with one attached hydrogen (secondary N) is 4. The molecule has 0 unspecified atom stereocenters. The molecule has 0 saturated heterocycles. The molecule has 2 aromatic carbocycles. The average Bonchev–Trinajstić information content (AvgIpc) is 3.56. The lowest BCUT2D eigenvalue weighted by Crippen LogP contribution is -2.28. The number of hydrogen-bond acceptors (Lipinski definition) is 6. The Kier molecular flexibility index (Phi) is 8.89. The lowest BCUT2D eigenvalue weighted by Gasteiger charge is -2.06. The monoisotopic (exact) mass is 524 g/mol. The van der Waals surface area contributed by atoms with Crippen LogP contribution in [0.25, 0.3) is 0 Å². The van der Waals surface area contributed by atoms with Crippen LogP contribution in [0.2, 0.25) is 0 Å². The van der Waals surface area contributed by atoms with Gasteiger partial charge in [0.2, 0.25) is 0 Å². The summed E-state index contributed by atoms with van der Waals surface area (Å²) >= 11 is 0. The summed E-state index contributed by atoms with van der Waals surface area (Å²) in [5.74, 6) is -0.754. The number of amides is 4. The largest absolute Gasteiger partial charge is 0.332 e. The van der Waals surface area contributed by atoms with E-state index in [1.54, 1.807) is 21.8 Å². The summed E-state index contributed by atoms with van der Waals surface area (Å²) in [7, 11) is 0. The quantitative estimate of drug-likeness (QED) is 0.222. The highest BCUT2D eigenvalue weighted by atomic mass is 19.1. The van der Waals surface area contributed by atoms with E-state index in [1.807, 2.05) is 0 Å². The fraction of sp³-hybridized carbons (Fsp3) is 0.250. The van der Waals surface area contributed by atoms with Crippen LogP contribution in [0.15, 0.2) is 60.9 Å². The number of carbonyl (C=O) groups is 2. The van der Waals surface area contributed by atoms with E-state index in [0.717, 1.165) is 12.8 Å². The van der Waals surface area contributed by atoms with Crippen LogP contribution in [0.4, 0.5) is 29.7 Å². The summed E-state index contributed by atoms with van der Waals surface area (Å²) in [6.07, 6.45) is 5.15. The van der Waals surface area contributed by atoms with Gasteiger partial charge in [-0.1, -0.05) is 10.4 Å². The van der Waals surface area contributed by atoms with E-state index in [9.17, 15) is 18.4 Å². The number of carbonyl (C=O) groups excluding carboxylic acids is 2. The van der Waals surface area contributed by atoms with Gasteiger partial charge >= 0.3 is 12.1 Å². The molecule has 12 nitrogen and oxygen atoms in total. The number of nitrogens with zero attached hydrogens (tertiary/aromatic N) is 6. The van der Waals surface area contributed by atoms with Gasteiger partial charge in [0.25, 0.3) is 0 Å². The number of hydrogen-bond donors (Lipinski definition) is 4. The minimum atomic E-state index is -0.429. The van der Waals surface area contributed by atoms with Gasteiger partial charge in [-0.25, -0.2) is 18.4 Å². The van der Waals surface area contributed by atoms with Crippen molar-refractivity contribution in [1.82, 2.24) is 40.6 Å². The smallest absolute Gasteiger partial charge is 0.319 e. The van der Waals surface area contributed by atoms with Gasteiger partial charge in [0, 0.05) is 24.5 Å². The van der Waals surface area contributed by atoms with Gasteiger partial charge in [0.1, 0.15) is 23.0 Å².